The number of hydrogen-bond acceptors (Lipinski definition) is 2. The lowest BCUT2D eigenvalue weighted by Gasteiger charge is -2.18. The molecule has 0 saturated heterocycles. The first-order valence-electron chi connectivity index (χ1n) is 7.04. The lowest BCUT2D eigenvalue weighted by atomic mass is 10.1. The van der Waals surface area contributed by atoms with Crippen LogP contribution in [0.3, 0.4) is 0 Å². The SMILES string of the molecule is C[C@@H](NC(=O)C1Cc2ccccc2N1)c1ccc(Br)cc1. The standard InChI is InChI=1S/C17H17BrN2O/c1-11(12-6-8-14(18)9-7-12)19-17(21)16-10-13-4-2-3-5-15(13)20-16/h2-9,11,16,20H,10H2,1H3,(H,19,21)/t11-,16?/m1/s1. The van der Waals surface area contributed by atoms with Gasteiger partial charge < -0.3 is 10.6 Å². The summed E-state index contributed by atoms with van der Waals surface area (Å²) in [5, 5.41) is 6.36. The van der Waals surface area contributed by atoms with Crippen LogP contribution in [0.5, 0.6) is 0 Å². The molecule has 1 aliphatic rings. The first-order chi connectivity index (χ1) is 10.1. The van der Waals surface area contributed by atoms with E-state index in [2.05, 4.69) is 32.6 Å². The van der Waals surface area contributed by atoms with E-state index in [1.807, 2.05) is 49.4 Å². The van der Waals surface area contributed by atoms with Crippen molar-refractivity contribution < 1.29 is 4.79 Å². The van der Waals surface area contributed by atoms with Gasteiger partial charge in [0.15, 0.2) is 0 Å². The Labute approximate surface area is 132 Å². The van der Waals surface area contributed by atoms with Gasteiger partial charge >= 0.3 is 0 Å². The minimum atomic E-state index is -0.180. The van der Waals surface area contributed by atoms with E-state index >= 15 is 0 Å². The molecule has 1 unspecified atom stereocenters. The second-order valence-corrected chi connectivity index (χ2v) is 6.26. The molecule has 1 heterocycles. The average molecular weight is 345 g/mol. The van der Waals surface area contributed by atoms with Gasteiger partial charge in [-0.3, -0.25) is 4.79 Å². The summed E-state index contributed by atoms with van der Waals surface area (Å²) in [4.78, 5) is 12.4. The number of carbonyl (C=O) groups excluding carboxylic acids is 1. The van der Waals surface area contributed by atoms with Gasteiger partial charge in [-0.25, -0.2) is 0 Å². The first kappa shape index (κ1) is 14.1. The summed E-state index contributed by atoms with van der Waals surface area (Å²) in [6, 6.07) is 15.9. The lowest BCUT2D eigenvalue weighted by molar-refractivity contribution is -0.122. The molecule has 0 aliphatic carbocycles. The molecule has 4 heteroatoms. The molecule has 2 atom stereocenters. The fourth-order valence-corrected chi connectivity index (χ4v) is 2.87. The quantitative estimate of drug-likeness (QED) is 0.891. The highest BCUT2D eigenvalue weighted by molar-refractivity contribution is 9.10. The van der Waals surface area contributed by atoms with E-state index in [1.165, 1.54) is 5.56 Å². The molecule has 0 fully saturated rings. The van der Waals surface area contributed by atoms with Gasteiger partial charge in [0.05, 0.1) is 6.04 Å². The maximum absolute atomic E-state index is 12.4. The number of halogens is 1. The van der Waals surface area contributed by atoms with Crippen LogP contribution in [-0.4, -0.2) is 11.9 Å². The van der Waals surface area contributed by atoms with Crippen molar-refractivity contribution in [1.82, 2.24) is 5.32 Å². The summed E-state index contributed by atoms with van der Waals surface area (Å²) >= 11 is 3.42. The van der Waals surface area contributed by atoms with Crippen LogP contribution < -0.4 is 10.6 Å². The first-order valence-corrected chi connectivity index (χ1v) is 7.83. The molecule has 0 aromatic heterocycles. The van der Waals surface area contributed by atoms with E-state index in [-0.39, 0.29) is 18.0 Å². The normalized spacial score (nSPS) is 17.7. The van der Waals surface area contributed by atoms with Gasteiger partial charge in [0, 0.05) is 16.6 Å². The summed E-state index contributed by atoms with van der Waals surface area (Å²) < 4.78 is 1.04. The predicted molar refractivity (Wildman–Crippen MR) is 88.3 cm³/mol. The van der Waals surface area contributed by atoms with Crippen LogP contribution in [0.4, 0.5) is 5.69 Å². The third-order valence-electron chi connectivity index (χ3n) is 3.82. The summed E-state index contributed by atoms with van der Waals surface area (Å²) in [6.45, 7) is 2.00. The fraction of sp³-hybridized carbons (Fsp3) is 0.235. The van der Waals surface area contributed by atoms with Gasteiger partial charge in [-0.05, 0) is 36.2 Å². The lowest BCUT2D eigenvalue weighted by Crippen LogP contribution is -2.39. The molecule has 21 heavy (non-hydrogen) atoms. The third-order valence-corrected chi connectivity index (χ3v) is 4.35. The van der Waals surface area contributed by atoms with Crippen molar-refractivity contribution in [2.75, 3.05) is 5.32 Å². The summed E-state index contributed by atoms with van der Waals surface area (Å²) in [5.74, 6) is 0.0432. The van der Waals surface area contributed by atoms with E-state index in [1.54, 1.807) is 0 Å². The molecular formula is C17H17BrN2O. The largest absolute Gasteiger partial charge is 0.373 e. The van der Waals surface area contributed by atoms with Gasteiger partial charge in [0.25, 0.3) is 0 Å². The van der Waals surface area contributed by atoms with Gasteiger partial charge in [-0.15, -0.1) is 0 Å². The van der Waals surface area contributed by atoms with Crippen LogP contribution in [0, 0.1) is 0 Å². The van der Waals surface area contributed by atoms with Crippen molar-refractivity contribution in [2.45, 2.75) is 25.4 Å². The maximum Gasteiger partial charge on any atom is 0.243 e. The number of para-hydroxylation sites is 1. The van der Waals surface area contributed by atoms with E-state index in [9.17, 15) is 4.79 Å². The molecule has 0 bridgehead atoms. The second kappa shape index (κ2) is 5.90. The van der Waals surface area contributed by atoms with Crippen LogP contribution in [-0.2, 0) is 11.2 Å². The summed E-state index contributed by atoms with van der Waals surface area (Å²) in [6.07, 6.45) is 0.745. The molecule has 108 valence electrons. The molecule has 2 N–H and O–H groups in total. The molecule has 1 amide bonds. The Hall–Kier alpha value is -1.81. The zero-order valence-electron chi connectivity index (χ0n) is 11.8. The molecular weight excluding hydrogens is 328 g/mol. The van der Waals surface area contributed by atoms with Crippen LogP contribution >= 0.6 is 15.9 Å². The Morgan fingerprint density at radius 2 is 1.95 bits per heavy atom. The van der Waals surface area contributed by atoms with Gasteiger partial charge in [-0.2, -0.15) is 0 Å². The molecule has 1 aliphatic heterocycles. The van der Waals surface area contributed by atoms with E-state index in [0.717, 1.165) is 22.1 Å². The van der Waals surface area contributed by atoms with E-state index < -0.39 is 0 Å². The molecule has 2 aromatic carbocycles. The van der Waals surface area contributed by atoms with Crippen LogP contribution in [0.2, 0.25) is 0 Å². The van der Waals surface area contributed by atoms with Crippen molar-refractivity contribution in [2.24, 2.45) is 0 Å². The second-order valence-electron chi connectivity index (χ2n) is 5.34. The number of amides is 1. The third kappa shape index (κ3) is 3.10. The smallest absolute Gasteiger partial charge is 0.243 e. The number of hydrogen-bond donors (Lipinski definition) is 2. The highest BCUT2D eigenvalue weighted by Gasteiger charge is 2.27. The number of rotatable bonds is 3. The van der Waals surface area contributed by atoms with Crippen LogP contribution in [0.15, 0.2) is 53.0 Å². The van der Waals surface area contributed by atoms with Crippen molar-refractivity contribution in [3.63, 3.8) is 0 Å². The van der Waals surface area contributed by atoms with Crippen molar-refractivity contribution >= 4 is 27.5 Å². The molecule has 0 spiro atoms. The van der Waals surface area contributed by atoms with Crippen molar-refractivity contribution in [3.8, 4) is 0 Å². The number of carbonyl (C=O) groups is 1. The summed E-state index contributed by atoms with van der Waals surface area (Å²) in [5.41, 5.74) is 3.37. The van der Waals surface area contributed by atoms with Crippen molar-refractivity contribution in [3.05, 3.63) is 64.1 Å². The Morgan fingerprint density at radius 1 is 1.24 bits per heavy atom. The minimum absolute atomic E-state index is 0.00360. The van der Waals surface area contributed by atoms with Crippen LogP contribution in [0.25, 0.3) is 0 Å². The molecule has 2 aromatic rings. The Morgan fingerprint density at radius 3 is 2.67 bits per heavy atom. The predicted octanol–water partition coefficient (Wildman–Crippen LogP) is 3.66. The number of benzene rings is 2. The Bertz CT molecular complexity index is 629. The number of nitrogens with one attached hydrogen (secondary N) is 2. The zero-order valence-corrected chi connectivity index (χ0v) is 13.4. The van der Waals surface area contributed by atoms with Crippen LogP contribution in [0.1, 0.15) is 24.1 Å². The van der Waals surface area contributed by atoms with Gasteiger partial charge in [0.1, 0.15) is 6.04 Å². The number of anilines is 1. The number of fused-ring (bicyclic) bond motifs is 1. The average Bonchev–Trinajstić information content (AvgIpc) is 2.92. The summed E-state index contributed by atoms with van der Waals surface area (Å²) in [7, 11) is 0. The highest BCUT2D eigenvalue weighted by Crippen LogP contribution is 2.25. The van der Waals surface area contributed by atoms with Gasteiger partial charge in [-0.1, -0.05) is 46.3 Å². The molecule has 0 saturated carbocycles. The maximum atomic E-state index is 12.4. The molecule has 0 radical (unpaired) electrons. The fourth-order valence-electron chi connectivity index (χ4n) is 2.60. The van der Waals surface area contributed by atoms with E-state index in [0.29, 0.717) is 0 Å². The topological polar surface area (TPSA) is 41.1 Å². The highest BCUT2D eigenvalue weighted by atomic mass is 79.9. The van der Waals surface area contributed by atoms with E-state index in [4.69, 9.17) is 0 Å². The minimum Gasteiger partial charge on any atom is -0.373 e. The monoisotopic (exact) mass is 344 g/mol. The van der Waals surface area contributed by atoms with Crippen molar-refractivity contribution in [1.29, 1.82) is 0 Å². The Balaban J connectivity index is 1.64. The molecule has 3 rings (SSSR count). The van der Waals surface area contributed by atoms with Gasteiger partial charge in [0.2, 0.25) is 5.91 Å². The molecule has 3 nitrogen and oxygen atoms in total. The zero-order chi connectivity index (χ0) is 14.8. The Kier molecular flexibility index (Phi) is 3.97.